The maximum Gasteiger partial charge on any atom is 0.241 e. The maximum atomic E-state index is 12.7. The number of carbonyl (C=O) groups is 1. The Morgan fingerprint density at radius 2 is 1.64 bits per heavy atom. The Balaban J connectivity index is 1.95. The lowest BCUT2D eigenvalue weighted by Gasteiger charge is -2.17. The van der Waals surface area contributed by atoms with Crippen molar-refractivity contribution in [2.75, 3.05) is 0 Å². The lowest BCUT2D eigenvalue weighted by molar-refractivity contribution is 0.101. The van der Waals surface area contributed by atoms with E-state index < -0.39 is 16.1 Å². The van der Waals surface area contributed by atoms with E-state index in [1.54, 1.807) is 12.1 Å². The fraction of sp³-hybridized carbons (Fsp3) is 0.150. The smallest absolute Gasteiger partial charge is 0.241 e. The molecule has 5 heteroatoms. The number of sulfonamides is 1. The van der Waals surface area contributed by atoms with Crippen LogP contribution >= 0.6 is 0 Å². The molecule has 0 heterocycles. The molecule has 0 bridgehead atoms. The van der Waals surface area contributed by atoms with E-state index in [0.717, 1.165) is 16.3 Å². The first-order chi connectivity index (χ1) is 11.9. The van der Waals surface area contributed by atoms with Crippen LogP contribution in [-0.4, -0.2) is 14.2 Å². The lowest BCUT2D eigenvalue weighted by Crippen LogP contribution is -2.27. The molecule has 3 rings (SSSR count). The van der Waals surface area contributed by atoms with Crippen molar-refractivity contribution in [2.24, 2.45) is 0 Å². The highest BCUT2D eigenvalue weighted by atomic mass is 32.2. The molecule has 0 saturated heterocycles. The molecular weight excluding hydrogens is 334 g/mol. The first-order valence-electron chi connectivity index (χ1n) is 7.99. The van der Waals surface area contributed by atoms with E-state index in [9.17, 15) is 13.2 Å². The van der Waals surface area contributed by atoms with Gasteiger partial charge in [0.05, 0.1) is 4.90 Å². The highest BCUT2D eigenvalue weighted by Crippen LogP contribution is 2.25. The molecule has 0 aromatic heterocycles. The second-order valence-corrected chi connectivity index (χ2v) is 7.71. The molecule has 3 aromatic rings. The van der Waals surface area contributed by atoms with E-state index in [1.807, 2.05) is 49.4 Å². The van der Waals surface area contributed by atoms with Crippen molar-refractivity contribution >= 4 is 26.6 Å². The van der Waals surface area contributed by atoms with Crippen molar-refractivity contribution < 1.29 is 13.2 Å². The summed E-state index contributed by atoms with van der Waals surface area (Å²) >= 11 is 0. The standard InChI is InChI=1S/C20H19NO3S/c1-14(19-12-6-8-16-7-3-4-11-20(16)19)21-25(23,24)18-10-5-9-17(13-18)15(2)22/h3-14,21H,1-2H3. The molecule has 0 aliphatic heterocycles. The van der Waals surface area contributed by atoms with Gasteiger partial charge in [0.2, 0.25) is 10.0 Å². The first kappa shape index (κ1) is 17.3. The molecule has 0 radical (unpaired) electrons. The number of carbonyl (C=O) groups excluding carboxylic acids is 1. The number of hydrogen-bond acceptors (Lipinski definition) is 3. The largest absolute Gasteiger partial charge is 0.295 e. The van der Waals surface area contributed by atoms with Crippen LogP contribution in [0.15, 0.2) is 71.6 Å². The molecular formula is C20H19NO3S. The second-order valence-electron chi connectivity index (χ2n) is 6.00. The topological polar surface area (TPSA) is 63.2 Å². The highest BCUT2D eigenvalue weighted by Gasteiger charge is 2.20. The van der Waals surface area contributed by atoms with Crippen molar-refractivity contribution in [1.82, 2.24) is 4.72 Å². The summed E-state index contributed by atoms with van der Waals surface area (Å²) in [5.41, 5.74) is 1.28. The molecule has 0 aliphatic carbocycles. The predicted octanol–water partition coefficient (Wildman–Crippen LogP) is 4.08. The fourth-order valence-electron chi connectivity index (χ4n) is 2.87. The van der Waals surface area contributed by atoms with Crippen molar-refractivity contribution in [1.29, 1.82) is 0 Å². The maximum absolute atomic E-state index is 12.7. The third kappa shape index (κ3) is 3.62. The van der Waals surface area contributed by atoms with Crippen LogP contribution in [0.1, 0.15) is 35.8 Å². The molecule has 1 unspecified atom stereocenters. The number of Topliss-reactive ketones (excluding diaryl/α,β-unsaturated/α-hetero) is 1. The molecule has 3 aromatic carbocycles. The second kappa shape index (κ2) is 6.78. The van der Waals surface area contributed by atoms with Crippen LogP contribution in [0, 0.1) is 0 Å². The minimum absolute atomic E-state index is 0.0901. The monoisotopic (exact) mass is 353 g/mol. The van der Waals surface area contributed by atoms with Gasteiger partial charge < -0.3 is 0 Å². The lowest BCUT2D eigenvalue weighted by atomic mass is 10.0. The van der Waals surface area contributed by atoms with Crippen LogP contribution in [0.2, 0.25) is 0 Å². The zero-order chi connectivity index (χ0) is 18.0. The molecule has 0 spiro atoms. The molecule has 1 atom stereocenters. The summed E-state index contributed by atoms with van der Waals surface area (Å²) in [5.74, 6) is -0.167. The van der Waals surface area contributed by atoms with Crippen LogP contribution in [0.4, 0.5) is 0 Å². The van der Waals surface area contributed by atoms with E-state index in [-0.39, 0.29) is 10.7 Å². The summed E-state index contributed by atoms with van der Waals surface area (Å²) < 4.78 is 28.1. The average molecular weight is 353 g/mol. The predicted molar refractivity (Wildman–Crippen MR) is 99.1 cm³/mol. The van der Waals surface area contributed by atoms with Crippen LogP contribution in [-0.2, 0) is 10.0 Å². The number of rotatable bonds is 5. The number of fused-ring (bicyclic) bond motifs is 1. The molecule has 0 aliphatic rings. The quantitative estimate of drug-likeness (QED) is 0.703. The van der Waals surface area contributed by atoms with Gasteiger partial charge in [-0.1, -0.05) is 54.6 Å². The zero-order valence-electron chi connectivity index (χ0n) is 14.1. The van der Waals surface area contributed by atoms with E-state index in [0.29, 0.717) is 5.56 Å². The number of benzene rings is 3. The van der Waals surface area contributed by atoms with E-state index in [1.165, 1.54) is 19.1 Å². The van der Waals surface area contributed by atoms with Gasteiger partial charge in [0.25, 0.3) is 0 Å². The molecule has 0 amide bonds. The summed E-state index contributed by atoms with van der Waals surface area (Å²) in [7, 11) is -3.73. The van der Waals surface area contributed by atoms with Crippen LogP contribution < -0.4 is 4.72 Å². The Bertz CT molecular complexity index is 1040. The summed E-state index contributed by atoms with van der Waals surface area (Å²) in [6, 6.07) is 19.4. The van der Waals surface area contributed by atoms with E-state index in [4.69, 9.17) is 0 Å². The van der Waals surface area contributed by atoms with E-state index >= 15 is 0 Å². The van der Waals surface area contributed by atoms with Crippen LogP contribution in [0.5, 0.6) is 0 Å². The Morgan fingerprint density at radius 3 is 2.40 bits per heavy atom. The number of nitrogens with one attached hydrogen (secondary N) is 1. The summed E-state index contributed by atoms with van der Waals surface area (Å²) in [6.45, 7) is 3.23. The van der Waals surface area contributed by atoms with Crippen LogP contribution in [0.25, 0.3) is 10.8 Å². The van der Waals surface area contributed by atoms with Gasteiger partial charge in [-0.15, -0.1) is 0 Å². The minimum Gasteiger partial charge on any atom is -0.295 e. The number of ketones is 1. The van der Waals surface area contributed by atoms with Gasteiger partial charge in [-0.3, -0.25) is 4.79 Å². The molecule has 4 nitrogen and oxygen atoms in total. The van der Waals surface area contributed by atoms with Gasteiger partial charge >= 0.3 is 0 Å². The van der Waals surface area contributed by atoms with Crippen molar-refractivity contribution in [3.8, 4) is 0 Å². The summed E-state index contributed by atoms with van der Waals surface area (Å²) in [4.78, 5) is 11.6. The van der Waals surface area contributed by atoms with Gasteiger partial charge in [0, 0.05) is 11.6 Å². The molecule has 0 fully saturated rings. The Morgan fingerprint density at radius 1 is 0.960 bits per heavy atom. The SMILES string of the molecule is CC(=O)c1cccc(S(=O)(=O)NC(C)c2cccc3ccccc23)c1. The minimum atomic E-state index is -3.73. The molecule has 128 valence electrons. The van der Waals surface area contributed by atoms with Crippen LogP contribution in [0.3, 0.4) is 0 Å². The summed E-state index contributed by atoms with van der Waals surface area (Å²) in [6.07, 6.45) is 0. The van der Waals surface area contributed by atoms with Gasteiger partial charge in [0.15, 0.2) is 5.78 Å². The van der Waals surface area contributed by atoms with Gasteiger partial charge in [-0.25, -0.2) is 13.1 Å². The van der Waals surface area contributed by atoms with Gasteiger partial charge in [-0.2, -0.15) is 0 Å². The average Bonchev–Trinajstić information content (AvgIpc) is 2.61. The highest BCUT2D eigenvalue weighted by molar-refractivity contribution is 7.89. The third-order valence-electron chi connectivity index (χ3n) is 4.17. The van der Waals surface area contributed by atoms with Gasteiger partial charge in [-0.05, 0) is 42.3 Å². The Labute approximate surface area is 147 Å². The molecule has 25 heavy (non-hydrogen) atoms. The fourth-order valence-corrected chi connectivity index (χ4v) is 4.14. The van der Waals surface area contributed by atoms with Crippen molar-refractivity contribution in [2.45, 2.75) is 24.8 Å². The van der Waals surface area contributed by atoms with Crippen molar-refractivity contribution in [3.63, 3.8) is 0 Å². The number of hydrogen-bond donors (Lipinski definition) is 1. The molecule has 1 N–H and O–H groups in total. The zero-order valence-corrected chi connectivity index (χ0v) is 14.9. The Kier molecular flexibility index (Phi) is 4.70. The normalized spacial score (nSPS) is 12.9. The molecule has 0 saturated carbocycles. The Hall–Kier alpha value is -2.50. The summed E-state index contributed by atoms with van der Waals surface area (Å²) in [5, 5.41) is 2.07. The third-order valence-corrected chi connectivity index (χ3v) is 5.71. The van der Waals surface area contributed by atoms with Crippen molar-refractivity contribution in [3.05, 3.63) is 77.9 Å². The first-order valence-corrected chi connectivity index (χ1v) is 9.48. The van der Waals surface area contributed by atoms with E-state index in [2.05, 4.69) is 4.72 Å². The van der Waals surface area contributed by atoms with Gasteiger partial charge in [0.1, 0.15) is 0 Å².